The van der Waals surface area contributed by atoms with Crippen LogP contribution in [0.1, 0.15) is 37.6 Å². The molecule has 0 aliphatic rings. The maximum absolute atomic E-state index is 12.4. The molecule has 3 rings (SSSR count). The predicted octanol–water partition coefficient (Wildman–Crippen LogP) is 5.05. The van der Waals surface area contributed by atoms with E-state index in [1.165, 1.54) is 0 Å². The fourth-order valence-electron chi connectivity index (χ4n) is 2.96. The third kappa shape index (κ3) is 6.83. The molecule has 2 aromatic carbocycles. The smallest absolute Gasteiger partial charge is 0.326 e. The molecule has 0 fully saturated rings. The lowest BCUT2D eigenvalue weighted by Gasteiger charge is -2.20. The summed E-state index contributed by atoms with van der Waals surface area (Å²) in [4.78, 5) is 29.3. The van der Waals surface area contributed by atoms with E-state index in [0.717, 1.165) is 32.8 Å². The largest absolute Gasteiger partial charge is 0.459 e. The van der Waals surface area contributed by atoms with Gasteiger partial charge < -0.3 is 14.6 Å². The molecule has 8 heteroatoms. The lowest BCUT2D eigenvalue weighted by molar-refractivity contribution is -0.155. The lowest BCUT2D eigenvalue weighted by Crippen LogP contribution is -2.26. The van der Waals surface area contributed by atoms with Crippen molar-refractivity contribution in [1.82, 2.24) is 14.9 Å². The van der Waals surface area contributed by atoms with Crippen LogP contribution in [0.3, 0.4) is 0 Å². The zero-order valence-corrected chi connectivity index (χ0v) is 20.3. The molecule has 0 radical (unpaired) electrons. The third-order valence-electron chi connectivity index (χ3n) is 4.27. The van der Waals surface area contributed by atoms with Gasteiger partial charge in [-0.3, -0.25) is 9.59 Å². The summed E-state index contributed by atoms with van der Waals surface area (Å²) >= 11 is 4.93. The number of esters is 1. The van der Waals surface area contributed by atoms with E-state index in [1.54, 1.807) is 23.9 Å². The molecule has 0 unspecified atom stereocenters. The molecule has 0 aliphatic heterocycles. The first-order valence-corrected chi connectivity index (χ1v) is 11.8. The maximum Gasteiger partial charge on any atom is 0.326 e. The van der Waals surface area contributed by atoms with Gasteiger partial charge in [0.05, 0.1) is 11.0 Å². The molecule has 3 aromatic rings. The number of thioether (sulfide) groups is 1. The van der Waals surface area contributed by atoms with Crippen LogP contribution in [0.4, 0.5) is 0 Å². The molecule has 0 bridgehead atoms. The highest BCUT2D eigenvalue weighted by molar-refractivity contribution is 9.10. The minimum absolute atomic E-state index is 0.0883. The summed E-state index contributed by atoms with van der Waals surface area (Å²) in [6, 6.07) is 15.0. The molecule has 0 saturated heterocycles. The van der Waals surface area contributed by atoms with E-state index in [0.29, 0.717) is 12.1 Å². The number of amides is 1. The van der Waals surface area contributed by atoms with E-state index >= 15 is 0 Å². The van der Waals surface area contributed by atoms with Crippen LogP contribution in [0.25, 0.3) is 11.0 Å². The Hall–Kier alpha value is -2.32. The number of nitrogens with one attached hydrogen (secondary N) is 1. The Labute approximate surface area is 194 Å². The molecule has 1 N–H and O–H groups in total. The predicted molar refractivity (Wildman–Crippen MR) is 127 cm³/mol. The van der Waals surface area contributed by atoms with Gasteiger partial charge in [-0.25, -0.2) is 4.98 Å². The molecule has 164 valence electrons. The Morgan fingerprint density at radius 2 is 1.84 bits per heavy atom. The number of para-hydroxylation sites is 2. The van der Waals surface area contributed by atoms with Crippen LogP contribution in [0.15, 0.2) is 58.2 Å². The summed E-state index contributed by atoms with van der Waals surface area (Å²) in [5.74, 6) is 0.382. The highest BCUT2D eigenvalue weighted by Gasteiger charge is 2.19. The average Bonchev–Trinajstić information content (AvgIpc) is 3.04. The van der Waals surface area contributed by atoms with Crippen LogP contribution in [-0.4, -0.2) is 39.3 Å². The van der Waals surface area contributed by atoms with Crippen LogP contribution in [0, 0.1) is 0 Å². The number of carbonyl (C=O) groups excluding carboxylic acids is 2. The molecule has 1 aromatic heterocycles. The molecule has 1 amide bonds. The second kappa shape index (κ2) is 10.3. The Kier molecular flexibility index (Phi) is 7.78. The normalized spacial score (nSPS) is 11.5. The van der Waals surface area contributed by atoms with E-state index < -0.39 is 5.60 Å². The highest BCUT2D eigenvalue weighted by atomic mass is 79.9. The Morgan fingerprint density at radius 1 is 1.13 bits per heavy atom. The van der Waals surface area contributed by atoms with Gasteiger partial charge in [-0.15, -0.1) is 0 Å². The van der Waals surface area contributed by atoms with E-state index in [2.05, 4.69) is 26.2 Å². The van der Waals surface area contributed by atoms with E-state index in [9.17, 15) is 9.59 Å². The lowest BCUT2D eigenvalue weighted by atomic mass is 10.2. The standard InChI is InChI=1S/C23H26BrN3O3S/c1-23(2,3)30-20(28)15-27-19-8-5-4-7-18(19)26-22(27)31-14-6-13-25-21(29)16-9-11-17(24)12-10-16/h4-5,7-12H,6,13-15H2,1-3H3,(H,25,29). The molecule has 6 nitrogen and oxygen atoms in total. The number of hydrogen-bond donors (Lipinski definition) is 1. The van der Waals surface area contributed by atoms with Crippen LogP contribution in [0.2, 0.25) is 0 Å². The highest BCUT2D eigenvalue weighted by Crippen LogP contribution is 2.25. The first-order valence-electron chi connectivity index (χ1n) is 10.1. The van der Waals surface area contributed by atoms with Gasteiger partial charge in [0, 0.05) is 22.3 Å². The van der Waals surface area contributed by atoms with Crippen molar-refractivity contribution < 1.29 is 14.3 Å². The number of nitrogens with zero attached hydrogens (tertiary/aromatic N) is 2. The van der Waals surface area contributed by atoms with Gasteiger partial charge in [-0.1, -0.05) is 39.8 Å². The van der Waals surface area contributed by atoms with Crippen molar-refractivity contribution in [2.75, 3.05) is 12.3 Å². The van der Waals surface area contributed by atoms with Crippen molar-refractivity contribution in [1.29, 1.82) is 0 Å². The van der Waals surface area contributed by atoms with Gasteiger partial charge >= 0.3 is 5.97 Å². The van der Waals surface area contributed by atoms with Crippen molar-refractivity contribution in [3.8, 4) is 0 Å². The maximum atomic E-state index is 12.4. The molecule has 0 saturated carbocycles. The number of rotatable bonds is 8. The molecule has 0 aliphatic carbocycles. The van der Waals surface area contributed by atoms with E-state index in [-0.39, 0.29) is 18.4 Å². The minimum atomic E-state index is -0.534. The molecule has 31 heavy (non-hydrogen) atoms. The quantitative estimate of drug-likeness (QED) is 0.264. The number of halogens is 1. The molecule has 0 atom stereocenters. The SMILES string of the molecule is CC(C)(C)OC(=O)Cn1c(SCCCNC(=O)c2ccc(Br)cc2)nc2ccccc21. The fourth-order valence-corrected chi connectivity index (χ4v) is 4.18. The van der Waals surface area contributed by atoms with Crippen molar-refractivity contribution >= 4 is 50.6 Å². The Morgan fingerprint density at radius 3 is 2.55 bits per heavy atom. The number of carbonyl (C=O) groups is 2. The number of fused-ring (bicyclic) bond motifs is 1. The number of hydrogen-bond acceptors (Lipinski definition) is 5. The topological polar surface area (TPSA) is 73.2 Å². The Bertz CT molecular complexity index is 1060. The van der Waals surface area contributed by atoms with Crippen molar-refractivity contribution in [3.05, 3.63) is 58.6 Å². The summed E-state index contributed by atoms with van der Waals surface area (Å²) < 4.78 is 8.32. The zero-order valence-electron chi connectivity index (χ0n) is 17.9. The van der Waals surface area contributed by atoms with Gasteiger partial charge in [-0.2, -0.15) is 0 Å². The molecular weight excluding hydrogens is 478 g/mol. The summed E-state index contributed by atoms with van der Waals surface area (Å²) in [7, 11) is 0. The van der Waals surface area contributed by atoms with Crippen molar-refractivity contribution in [2.24, 2.45) is 0 Å². The fraction of sp³-hybridized carbons (Fsp3) is 0.348. The van der Waals surface area contributed by atoms with E-state index in [4.69, 9.17) is 4.74 Å². The first-order chi connectivity index (χ1) is 14.7. The molecule has 1 heterocycles. The van der Waals surface area contributed by atoms with Crippen LogP contribution in [0.5, 0.6) is 0 Å². The monoisotopic (exact) mass is 503 g/mol. The third-order valence-corrected chi connectivity index (χ3v) is 5.86. The number of aromatic nitrogens is 2. The van der Waals surface area contributed by atoms with Crippen molar-refractivity contribution in [3.63, 3.8) is 0 Å². The van der Waals surface area contributed by atoms with E-state index in [1.807, 2.05) is 61.7 Å². The second-order valence-electron chi connectivity index (χ2n) is 8.02. The van der Waals surface area contributed by atoms with Gasteiger partial charge in [-0.05, 0) is 63.6 Å². The second-order valence-corrected chi connectivity index (χ2v) is 10.00. The summed E-state index contributed by atoms with van der Waals surface area (Å²) in [6.07, 6.45) is 0.780. The van der Waals surface area contributed by atoms with Crippen molar-refractivity contribution in [2.45, 2.75) is 44.5 Å². The minimum Gasteiger partial charge on any atom is -0.459 e. The molecular formula is C23H26BrN3O3S. The van der Waals surface area contributed by atoms with Gasteiger partial charge in [0.25, 0.3) is 5.91 Å². The Balaban J connectivity index is 1.57. The zero-order chi connectivity index (χ0) is 22.4. The van der Waals surface area contributed by atoms with Crippen LogP contribution < -0.4 is 5.32 Å². The van der Waals surface area contributed by atoms with Gasteiger partial charge in [0.15, 0.2) is 5.16 Å². The summed E-state index contributed by atoms with van der Waals surface area (Å²) in [5, 5.41) is 3.70. The number of imidazole rings is 1. The van der Waals surface area contributed by atoms with Gasteiger partial charge in [0.1, 0.15) is 12.1 Å². The molecule has 0 spiro atoms. The summed E-state index contributed by atoms with van der Waals surface area (Å²) in [6.45, 7) is 6.24. The van der Waals surface area contributed by atoms with Crippen LogP contribution >= 0.6 is 27.7 Å². The van der Waals surface area contributed by atoms with Gasteiger partial charge in [0.2, 0.25) is 0 Å². The first kappa shape index (κ1) is 23.3. The van der Waals surface area contributed by atoms with Crippen LogP contribution in [-0.2, 0) is 16.1 Å². The number of benzene rings is 2. The summed E-state index contributed by atoms with van der Waals surface area (Å²) in [5.41, 5.74) is 1.85. The number of ether oxygens (including phenoxy) is 1. The average molecular weight is 504 g/mol.